The lowest BCUT2D eigenvalue weighted by atomic mass is 10.1. The molecule has 1 heterocycles. The fourth-order valence-electron chi connectivity index (χ4n) is 1.69. The second-order valence-corrected chi connectivity index (χ2v) is 4.52. The number of carbonyl (C=O) groups is 1. The highest BCUT2D eigenvalue weighted by molar-refractivity contribution is 6.30. The Morgan fingerprint density at radius 2 is 2.39 bits per heavy atom. The Hall–Kier alpha value is -1.81. The average molecular weight is 264 g/mol. The summed E-state index contributed by atoms with van der Waals surface area (Å²) in [6.07, 6.45) is 5.01. The lowest BCUT2D eigenvalue weighted by Gasteiger charge is -2.14. The number of halogens is 1. The maximum absolute atomic E-state index is 11.8. The summed E-state index contributed by atoms with van der Waals surface area (Å²) in [5.74, 6) is -0.0551. The summed E-state index contributed by atoms with van der Waals surface area (Å²) >= 11 is 5.92. The van der Waals surface area contributed by atoms with Gasteiger partial charge in [0.15, 0.2) is 0 Å². The molecule has 0 aliphatic carbocycles. The monoisotopic (exact) mass is 263 g/mol. The highest BCUT2D eigenvalue weighted by Gasteiger charge is 2.09. The van der Waals surface area contributed by atoms with Crippen molar-refractivity contribution in [2.24, 2.45) is 0 Å². The molecule has 0 saturated carbocycles. The molecule has 1 aromatic carbocycles. The number of aromatic nitrogens is 2. The van der Waals surface area contributed by atoms with E-state index in [1.807, 2.05) is 31.2 Å². The molecular weight excluding hydrogens is 250 g/mol. The molecule has 18 heavy (non-hydrogen) atoms. The summed E-state index contributed by atoms with van der Waals surface area (Å²) < 4.78 is 1.72. The van der Waals surface area contributed by atoms with Gasteiger partial charge in [-0.3, -0.25) is 4.79 Å². The smallest absolute Gasteiger partial charge is 0.240 e. The Morgan fingerprint density at radius 1 is 1.56 bits per heavy atom. The van der Waals surface area contributed by atoms with Crippen LogP contribution in [0.25, 0.3) is 0 Å². The van der Waals surface area contributed by atoms with Crippen molar-refractivity contribution in [1.29, 1.82) is 0 Å². The lowest BCUT2D eigenvalue weighted by Crippen LogP contribution is -2.29. The molecule has 1 unspecified atom stereocenters. The van der Waals surface area contributed by atoms with E-state index in [2.05, 4.69) is 10.3 Å². The van der Waals surface area contributed by atoms with Gasteiger partial charge in [-0.05, 0) is 24.6 Å². The summed E-state index contributed by atoms with van der Waals surface area (Å²) in [6, 6.07) is 7.40. The van der Waals surface area contributed by atoms with Gasteiger partial charge in [0.05, 0.1) is 12.4 Å². The molecular formula is C13H14ClN3O. The normalized spacial score (nSPS) is 12.1. The molecule has 1 amide bonds. The standard InChI is InChI=1S/C13H14ClN3O/c1-10(11-3-2-4-12(14)7-11)16-13(18)8-17-6-5-15-9-17/h2-7,9-10H,8H2,1H3,(H,16,18). The van der Waals surface area contributed by atoms with E-state index in [1.165, 1.54) is 0 Å². The van der Waals surface area contributed by atoms with Crippen LogP contribution in [0.2, 0.25) is 5.02 Å². The number of hydrogen-bond acceptors (Lipinski definition) is 2. The SMILES string of the molecule is CC(NC(=O)Cn1ccnc1)c1cccc(Cl)c1. The van der Waals surface area contributed by atoms with Crippen molar-refractivity contribution in [2.45, 2.75) is 19.5 Å². The van der Waals surface area contributed by atoms with Crippen LogP contribution in [0.4, 0.5) is 0 Å². The molecule has 0 bridgehead atoms. The predicted octanol–water partition coefficient (Wildman–Crippen LogP) is 2.41. The molecule has 1 N–H and O–H groups in total. The van der Waals surface area contributed by atoms with Crippen LogP contribution in [0.1, 0.15) is 18.5 Å². The molecule has 0 fully saturated rings. The van der Waals surface area contributed by atoms with Gasteiger partial charge >= 0.3 is 0 Å². The maximum Gasteiger partial charge on any atom is 0.240 e. The van der Waals surface area contributed by atoms with Crippen molar-refractivity contribution < 1.29 is 4.79 Å². The molecule has 0 radical (unpaired) electrons. The fourth-order valence-corrected chi connectivity index (χ4v) is 1.89. The van der Waals surface area contributed by atoms with Crippen LogP contribution in [0, 0.1) is 0 Å². The summed E-state index contributed by atoms with van der Waals surface area (Å²) in [4.78, 5) is 15.7. The number of nitrogens with one attached hydrogen (secondary N) is 1. The first-order valence-electron chi connectivity index (χ1n) is 5.66. The van der Waals surface area contributed by atoms with Crippen molar-refractivity contribution >= 4 is 17.5 Å². The summed E-state index contributed by atoms with van der Waals surface area (Å²) in [5, 5.41) is 3.59. The van der Waals surface area contributed by atoms with Gasteiger partial charge in [-0.15, -0.1) is 0 Å². The van der Waals surface area contributed by atoms with Crippen molar-refractivity contribution in [2.75, 3.05) is 0 Å². The third kappa shape index (κ3) is 3.34. The van der Waals surface area contributed by atoms with Crippen LogP contribution in [0.15, 0.2) is 43.0 Å². The summed E-state index contributed by atoms with van der Waals surface area (Å²) in [6.45, 7) is 2.20. The van der Waals surface area contributed by atoms with Gasteiger partial charge in [0.2, 0.25) is 5.91 Å². The Morgan fingerprint density at radius 3 is 3.06 bits per heavy atom. The zero-order valence-electron chi connectivity index (χ0n) is 10.0. The Labute approximate surface area is 111 Å². The van der Waals surface area contributed by atoms with E-state index in [9.17, 15) is 4.79 Å². The highest BCUT2D eigenvalue weighted by atomic mass is 35.5. The van der Waals surface area contributed by atoms with Gasteiger partial charge < -0.3 is 9.88 Å². The van der Waals surface area contributed by atoms with E-state index in [0.717, 1.165) is 5.56 Å². The van der Waals surface area contributed by atoms with Crippen LogP contribution >= 0.6 is 11.6 Å². The van der Waals surface area contributed by atoms with E-state index in [-0.39, 0.29) is 18.5 Å². The topological polar surface area (TPSA) is 46.9 Å². The second-order valence-electron chi connectivity index (χ2n) is 4.08. The van der Waals surface area contributed by atoms with Crippen molar-refractivity contribution in [3.63, 3.8) is 0 Å². The minimum atomic E-state index is -0.0697. The van der Waals surface area contributed by atoms with Gasteiger partial charge in [-0.2, -0.15) is 0 Å². The van der Waals surface area contributed by atoms with E-state index in [0.29, 0.717) is 5.02 Å². The third-order valence-electron chi connectivity index (χ3n) is 2.61. The zero-order valence-corrected chi connectivity index (χ0v) is 10.8. The number of imidazole rings is 1. The maximum atomic E-state index is 11.8. The van der Waals surface area contributed by atoms with E-state index in [1.54, 1.807) is 23.3 Å². The molecule has 0 spiro atoms. The Bertz CT molecular complexity index is 525. The van der Waals surface area contributed by atoms with Crippen LogP contribution < -0.4 is 5.32 Å². The van der Waals surface area contributed by atoms with Gasteiger partial charge in [0.25, 0.3) is 0 Å². The first-order chi connectivity index (χ1) is 8.65. The Balaban J connectivity index is 1.95. The first kappa shape index (κ1) is 12.6. The van der Waals surface area contributed by atoms with Crippen molar-refractivity contribution in [3.8, 4) is 0 Å². The average Bonchev–Trinajstić information content (AvgIpc) is 2.81. The Kier molecular flexibility index (Phi) is 3.99. The van der Waals surface area contributed by atoms with Gasteiger partial charge in [0, 0.05) is 17.4 Å². The lowest BCUT2D eigenvalue weighted by molar-refractivity contribution is -0.122. The van der Waals surface area contributed by atoms with E-state index in [4.69, 9.17) is 11.6 Å². The minimum Gasteiger partial charge on any atom is -0.348 e. The number of rotatable bonds is 4. The molecule has 1 aromatic heterocycles. The van der Waals surface area contributed by atoms with Crippen LogP contribution in [0.5, 0.6) is 0 Å². The van der Waals surface area contributed by atoms with Crippen LogP contribution in [-0.4, -0.2) is 15.5 Å². The third-order valence-corrected chi connectivity index (χ3v) is 2.85. The number of benzene rings is 1. The molecule has 2 aromatic rings. The molecule has 2 rings (SSSR count). The van der Waals surface area contributed by atoms with Crippen LogP contribution in [-0.2, 0) is 11.3 Å². The molecule has 0 saturated heterocycles. The fraction of sp³-hybridized carbons (Fsp3) is 0.231. The second kappa shape index (κ2) is 5.69. The first-order valence-corrected chi connectivity index (χ1v) is 6.03. The van der Waals surface area contributed by atoms with Gasteiger partial charge in [-0.25, -0.2) is 4.98 Å². The van der Waals surface area contributed by atoms with E-state index < -0.39 is 0 Å². The van der Waals surface area contributed by atoms with Crippen molar-refractivity contribution in [1.82, 2.24) is 14.9 Å². The molecule has 0 aliphatic heterocycles. The minimum absolute atomic E-state index is 0.0551. The quantitative estimate of drug-likeness (QED) is 0.921. The summed E-state index contributed by atoms with van der Waals surface area (Å²) in [7, 11) is 0. The number of carbonyl (C=O) groups excluding carboxylic acids is 1. The molecule has 4 nitrogen and oxygen atoms in total. The number of hydrogen-bond donors (Lipinski definition) is 1. The number of amides is 1. The molecule has 0 aliphatic rings. The van der Waals surface area contributed by atoms with Gasteiger partial charge in [-0.1, -0.05) is 23.7 Å². The van der Waals surface area contributed by atoms with Crippen LogP contribution in [0.3, 0.4) is 0 Å². The number of nitrogens with zero attached hydrogens (tertiary/aromatic N) is 2. The molecule has 1 atom stereocenters. The predicted molar refractivity (Wildman–Crippen MR) is 70.2 cm³/mol. The largest absolute Gasteiger partial charge is 0.348 e. The highest BCUT2D eigenvalue weighted by Crippen LogP contribution is 2.17. The van der Waals surface area contributed by atoms with Crippen molar-refractivity contribution in [3.05, 3.63) is 53.6 Å². The molecule has 5 heteroatoms. The molecule has 94 valence electrons. The van der Waals surface area contributed by atoms with Gasteiger partial charge in [0.1, 0.15) is 6.54 Å². The zero-order chi connectivity index (χ0) is 13.0. The van der Waals surface area contributed by atoms with E-state index >= 15 is 0 Å². The summed E-state index contributed by atoms with van der Waals surface area (Å²) in [5.41, 5.74) is 0.987.